The van der Waals surface area contributed by atoms with E-state index in [9.17, 15) is 18.9 Å². The molecule has 0 radical (unpaired) electrons. The number of aromatic carboxylic acids is 1. The van der Waals surface area contributed by atoms with Crippen molar-refractivity contribution in [1.29, 1.82) is 4.78 Å². The number of carboxylic acids is 1. The zero-order valence-corrected chi connectivity index (χ0v) is 21.0. The molecule has 0 bridgehead atoms. The first-order valence-electron chi connectivity index (χ1n) is 11.9. The zero-order valence-electron chi connectivity index (χ0n) is 20.2. The van der Waals surface area contributed by atoms with Gasteiger partial charge < -0.3 is 20.1 Å². The largest absolute Gasteiger partial charge is 0.478 e. The maximum atomic E-state index is 13.7. The van der Waals surface area contributed by atoms with Crippen molar-refractivity contribution < 1.29 is 23.6 Å². The number of carboxylic acid groups (broad SMARTS) is 1. The number of ether oxygens (including phenoxy) is 1. The van der Waals surface area contributed by atoms with E-state index in [2.05, 4.69) is 10.0 Å². The molecule has 1 aliphatic rings. The molecule has 0 aromatic heterocycles. The molecule has 1 heterocycles. The predicted molar refractivity (Wildman–Crippen MR) is 135 cm³/mol. The van der Waals surface area contributed by atoms with Crippen LogP contribution in [0.5, 0.6) is 11.5 Å². The molecule has 0 aliphatic carbocycles. The summed E-state index contributed by atoms with van der Waals surface area (Å²) in [6, 6.07) is 11.6. The third-order valence-electron chi connectivity index (χ3n) is 6.06. The molecule has 1 amide bonds. The van der Waals surface area contributed by atoms with Crippen LogP contribution < -0.4 is 14.8 Å². The Labute approximate surface area is 207 Å². The smallest absolute Gasteiger partial charge is 0.335 e. The molecule has 1 unspecified atom stereocenters. The topological polar surface area (TPSA) is 132 Å². The van der Waals surface area contributed by atoms with Gasteiger partial charge in [0.25, 0.3) is 0 Å². The fraction of sp³-hybridized carbons (Fsp3) is 0.440. The van der Waals surface area contributed by atoms with Gasteiger partial charge in [-0.15, -0.1) is 0 Å². The molecule has 10 heteroatoms. The molecule has 4 N–H and O–H groups in total. The first-order valence-corrected chi connectivity index (χ1v) is 13.4. The molecule has 2 aromatic carbocycles. The minimum atomic E-state index is -3.61. The third kappa shape index (κ3) is 7.19. The van der Waals surface area contributed by atoms with Crippen LogP contribution in [0, 0.1) is 10.7 Å². The maximum Gasteiger partial charge on any atom is 0.335 e. The number of unbranched alkanes of at least 4 members (excludes halogenated alkanes) is 1. The van der Waals surface area contributed by atoms with Crippen molar-refractivity contribution in [3.63, 3.8) is 0 Å². The highest BCUT2D eigenvalue weighted by molar-refractivity contribution is 7.90. The summed E-state index contributed by atoms with van der Waals surface area (Å²) in [7, 11) is -3.61. The minimum absolute atomic E-state index is 0.0126. The first kappa shape index (κ1) is 26.5. The Balaban J connectivity index is 1.92. The molecule has 35 heavy (non-hydrogen) atoms. The van der Waals surface area contributed by atoms with Crippen LogP contribution in [0.25, 0.3) is 0 Å². The Bertz CT molecular complexity index is 1130. The lowest BCUT2D eigenvalue weighted by Gasteiger charge is -2.31. The van der Waals surface area contributed by atoms with E-state index < -0.39 is 15.9 Å². The van der Waals surface area contributed by atoms with Crippen molar-refractivity contribution in [1.82, 2.24) is 9.62 Å². The summed E-state index contributed by atoms with van der Waals surface area (Å²) >= 11 is 0. The maximum absolute atomic E-state index is 13.7. The van der Waals surface area contributed by atoms with Gasteiger partial charge in [-0.1, -0.05) is 31.5 Å². The van der Waals surface area contributed by atoms with E-state index in [0.29, 0.717) is 37.6 Å². The lowest BCUT2D eigenvalue weighted by Crippen LogP contribution is -2.40. The summed E-state index contributed by atoms with van der Waals surface area (Å²) in [5.41, 5.74) is 0.310. The Hall–Kier alpha value is -3.11. The summed E-state index contributed by atoms with van der Waals surface area (Å²) < 4.78 is 31.3. The third-order valence-corrected chi connectivity index (χ3v) is 7.55. The molecule has 2 aromatic rings. The number of amides is 1. The van der Waals surface area contributed by atoms with E-state index in [4.69, 9.17) is 9.52 Å². The monoisotopic (exact) mass is 502 g/mol. The van der Waals surface area contributed by atoms with E-state index in [1.807, 2.05) is 13.0 Å². The van der Waals surface area contributed by atoms with E-state index in [1.54, 1.807) is 36.1 Å². The molecule has 0 spiro atoms. The van der Waals surface area contributed by atoms with Crippen LogP contribution in [0.2, 0.25) is 0 Å². The van der Waals surface area contributed by atoms with Gasteiger partial charge in [-0.25, -0.2) is 18.5 Å². The van der Waals surface area contributed by atoms with Gasteiger partial charge in [0, 0.05) is 33.1 Å². The highest BCUT2D eigenvalue weighted by atomic mass is 32.2. The van der Waals surface area contributed by atoms with E-state index in [0.717, 1.165) is 25.7 Å². The van der Waals surface area contributed by atoms with Crippen molar-refractivity contribution in [2.75, 3.05) is 31.5 Å². The predicted octanol–water partition coefficient (Wildman–Crippen LogP) is 4.56. The molecule has 190 valence electrons. The number of nitrogens with one attached hydrogen (secondary N) is 3. The van der Waals surface area contributed by atoms with E-state index in [-0.39, 0.29) is 28.0 Å². The summed E-state index contributed by atoms with van der Waals surface area (Å²) in [5.74, 6) is -0.321. The standard InChI is InChI=1S/C25H34N4O5S/c1-3-4-12-27-22-15-20(25(31)32)16-23(24(22)34-21-8-6-5-7-9-21)35(26,33)28-17-19-10-13-29(14-11-19)18(2)30/h5-9,15-16,19,27H,3-4,10-14,17H2,1-2H3,(H,31,32)(H2,26,28,33). The number of rotatable bonds is 11. The highest BCUT2D eigenvalue weighted by Gasteiger charge is 2.26. The number of piperidine rings is 1. The Morgan fingerprint density at radius 2 is 1.89 bits per heavy atom. The quantitative estimate of drug-likeness (QED) is 0.333. The van der Waals surface area contributed by atoms with Gasteiger partial charge in [-0.2, -0.15) is 0 Å². The van der Waals surface area contributed by atoms with Crippen molar-refractivity contribution >= 4 is 27.5 Å². The molecular weight excluding hydrogens is 468 g/mol. The average molecular weight is 503 g/mol. The van der Waals surface area contributed by atoms with Gasteiger partial charge in [0.05, 0.1) is 11.3 Å². The van der Waals surface area contributed by atoms with Gasteiger partial charge in [-0.3, -0.25) is 4.79 Å². The molecule has 1 atom stereocenters. The van der Waals surface area contributed by atoms with E-state index >= 15 is 0 Å². The second-order valence-corrected chi connectivity index (χ2v) is 10.5. The van der Waals surface area contributed by atoms with Gasteiger partial charge in [0.2, 0.25) is 5.91 Å². The van der Waals surface area contributed by atoms with Crippen LogP contribution in [0.15, 0.2) is 47.4 Å². The van der Waals surface area contributed by atoms with Crippen LogP contribution >= 0.6 is 0 Å². The summed E-state index contributed by atoms with van der Waals surface area (Å²) in [6.07, 6.45) is 3.28. The van der Waals surface area contributed by atoms with Crippen molar-refractivity contribution in [2.45, 2.75) is 44.4 Å². The van der Waals surface area contributed by atoms with Crippen molar-refractivity contribution in [3.05, 3.63) is 48.0 Å². The second kappa shape index (κ2) is 12.0. The molecule has 1 aliphatic heterocycles. The summed E-state index contributed by atoms with van der Waals surface area (Å²) in [4.78, 5) is 25.2. The van der Waals surface area contributed by atoms with Gasteiger partial charge in [-0.05, 0) is 49.4 Å². The van der Waals surface area contributed by atoms with Crippen LogP contribution in [0.1, 0.15) is 49.9 Å². The summed E-state index contributed by atoms with van der Waals surface area (Å²) in [5, 5.41) is 12.9. The highest BCUT2D eigenvalue weighted by Crippen LogP contribution is 2.38. The van der Waals surface area contributed by atoms with Crippen molar-refractivity contribution in [3.8, 4) is 11.5 Å². The molecule has 0 saturated carbocycles. The minimum Gasteiger partial charge on any atom is -0.478 e. The Morgan fingerprint density at radius 1 is 1.20 bits per heavy atom. The van der Waals surface area contributed by atoms with Gasteiger partial charge in [0.1, 0.15) is 20.6 Å². The number of likely N-dealkylation sites (tertiary alicyclic amines) is 1. The van der Waals surface area contributed by atoms with Gasteiger partial charge in [0.15, 0.2) is 5.75 Å². The molecule has 3 rings (SSSR count). The number of hydrogen-bond acceptors (Lipinski definition) is 6. The number of para-hydroxylation sites is 1. The normalized spacial score (nSPS) is 15.9. The van der Waals surface area contributed by atoms with Crippen LogP contribution in [0.3, 0.4) is 0 Å². The summed E-state index contributed by atoms with van der Waals surface area (Å²) in [6.45, 7) is 5.74. The molecule has 1 fully saturated rings. The number of carbonyl (C=O) groups excluding carboxylic acids is 1. The number of carbonyl (C=O) groups is 2. The molecular formula is C25H34N4O5S. The van der Waals surface area contributed by atoms with Gasteiger partial charge >= 0.3 is 5.97 Å². The second-order valence-electron chi connectivity index (χ2n) is 8.71. The first-order chi connectivity index (χ1) is 16.7. The number of hydrogen-bond donors (Lipinski definition) is 4. The lowest BCUT2D eigenvalue weighted by atomic mass is 9.97. The van der Waals surface area contributed by atoms with Crippen LogP contribution in [-0.2, 0) is 14.7 Å². The number of benzene rings is 2. The van der Waals surface area contributed by atoms with Crippen LogP contribution in [-0.4, -0.2) is 52.3 Å². The molecule has 1 saturated heterocycles. The number of anilines is 1. The Kier molecular flexibility index (Phi) is 9.11. The number of nitrogens with zero attached hydrogens (tertiary/aromatic N) is 1. The molecule has 9 nitrogen and oxygen atoms in total. The fourth-order valence-electron chi connectivity index (χ4n) is 3.95. The zero-order chi connectivity index (χ0) is 25.4. The lowest BCUT2D eigenvalue weighted by molar-refractivity contribution is -0.130. The fourth-order valence-corrected chi connectivity index (χ4v) is 5.28. The average Bonchev–Trinajstić information content (AvgIpc) is 2.84. The van der Waals surface area contributed by atoms with Crippen molar-refractivity contribution in [2.24, 2.45) is 5.92 Å². The van der Waals surface area contributed by atoms with E-state index in [1.165, 1.54) is 12.1 Å². The Morgan fingerprint density at radius 3 is 2.49 bits per heavy atom. The SMILES string of the molecule is CCCCNc1cc(C(=O)O)cc(S(=N)(=O)NCC2CCN(C(C)=O)CC2)c1Oc1ccccc1. The van der Waals surface area contributed by atoms with Crippen LogP contribution in [0.4, 0.5) is 5.69 Å².